The molecular formula is C18H27NO. The van der Waals surface area contributed by atoms with E-state index in [1.807, 2.05) is 0 Å². The summed E-state index contributed by atoms with van der Waals surface area (Å²) >= 11 is 0. The predicted molar refractivity (Wildman–Crippen MR) is 83.0 cm³/mol. The average Bonchev–Trinajstić information content (AvgIpc) is 2.53. The largest absolute Gasteiger partial charge is 0.381 e. The number of nitrogens with one attached hydrogen (secondary N) is 1. The molecule has 0 amide bonds. The van der Waals surface area contributed by atoms with Gasteiger partial charge < -0.3 is 10.1 Å². The summed E-state index contributed by atoms with van der Waals surface area (Å²) in [6, 6.07) is 7.55. The monoisotopic (exact) mass is 273 g/mol. The summed E-state index contributed by atoms with van der Waals surface area (Å²) in [5, 5.41) is 3.70. The van der Waals surface area contributed by atoms with Crippen molar-refractivity contribution in [3.05, 3.63) is 34.9 Å². The van der Waals surface area contributed by atoms with Crippen LogP contribution in [0.5, 0.6) is 0 Å². The molecule has 1 aromatic rings. The molecule has 1 N–H and O–H groups in total. The molecule has 1 aliphatic carbocycles. The molecule has 0 radical (unpaired) electrons. The Morgan fingerprint density at radius 1 is 1.20 bits per heavy atom. The molecule has 0 aromatic heterocycles. The fourth-order valence-corrected chi connectivity index (χ4v) is 3.45. The highest BCUT2D eigenvalue weighted by Gasteiger charge is 2.16. The zero-order chi connectivity index (χ0) is 13.8. The van der Waals surface area contributed by atoms with E-state index in [0.717, 1.165) is 19.8 Å². The molecular weight excluding hydrogens is 246 g/mol. The lowest BCUT2D eigenvalue weighted by Crippen LogP contribution is -2.30. The van der Waals surface area contributed by atoms with Crippen LogP contribution in [0.15, 0.2) is 18.2 Å². The van der Waals surface area contributed by atoms with E-state index < -0.39 is 0 Å². The van der Waals surface area contributed by atoms with Crippen LogP contribution in [0.2, 0.25) is 0 Å². The van der Waals surface area contributed by atoms with Crippen LogP contribution in [-0.2, 0) is 17.6 Å². The Hall–Kier alpha value is -0.860. The van der Waals surface area contributed by atoms with Crippen molar-refractivity contribution >= 4 is 0 Å². The van der Waals surface area contributed by atoms with Gasteiger partial charge >= 0.3 is 0 Å². The number of rotatable bonds is 4. The van der Waals surface area contributed by atoms with Crippen molar-refractivity contribution in [2.75, 3.05) is 19.8 Å². The van der Waals surface area contributed by atoms with Crippen molar-refractivity contribution in [3.63, 3.8) is 0 Å². The fourth-order valence-electron chi connectivity index (χ4n) is 3.45. The number of ether oxygens (including phenoxy) is 1. The molecule has 2 unspecified atom stereocenters. The molecule has 0 spiro atoms. The number of hydrogen-bond acceptors (Lipinski definition) is 2. The molecule has 20 heavy (non-hydrogen) atoms. The van der Waals surface area contributed by atoms with Crippen LogP contribution in [0.25, 0.3) is 0 Å². The van der Waals surface area contributed by atoms with Crippen molar-refractivity contribution in [1.29, 1.82) is 0 Å². The first-order chi connectivity index (χ1) is 9.83. The van der Waals surface area contributed by atoms with Crippen LogP contribution in [0.1, 0.15) is 55.3 Å². The van der Waals surface area contributed by atoms with Gasteiger partial charge in [-0.3, -0.25) is 0 Å². The summed E-state index contributed by atoms with van der Waals surface area (Å²) in [6.07, 6.45) is 7.80. The topological polar surface area (TPSA) is 21.3 Å². The summed E-state index contributed by atoms with van der Waals surface area (Å²) in [4.78, 5) is 0. The molecule has 3 rings (SSSR count). The SMILES string of the molecule is CC(NCC1CCCOC1)c1ccc2c(c1)CCCC2. The smallest absolute Gasteiger partial charge is 0.0506 e. The summed E-state index contributed by atoms with van der Waals surface area (Å²) in [7, 11) is 0. The lowest BCUT2D eigenvalue weighted by molar-refractivity contribution is 0.0540. The van der Waals surface area contributed by atoms with Crippen molar-refractivity contribution in [2.45, 2.75) is 51.5 Å². The van der Waals surface area contributed by atoms with Crippen LogP contribution in [0.4, 0.5) is 0 Å². The molecule has 0 saturated carbocycles. The predicted octanol–water partition coefficient (Wildman–Crippen LogP) is 3.64. The van der Waals surface area contributed by atoms with E-state index in [2.05, 4.69) is 30.4 Å². The van der Waals surface area contributed by atoms with Crippen molar-refractivity contribution in [1.82, 2.24) is 5.32 Å². The fraction of sp³-hybridized carbons (Fsp3) is 0.667. The molecule has 1 fully saturated rings. The van der Waals surface area contributed by atoms with Gasteiger partial charge in [0, 0.05) is 19.2 Å². The van der Waals surface area contributed by atoms with E-state index in [0.29, 0.717) is 12.0 Å². The van der Waals surface area contributed by atoms with Crippen LogP contribution >= 0.6 is 0 Å². The van der Waals surface area contributed by atoms with Gasteiger partial charge in [-0.05, 0) is 68.1 Å². The Labute approximate surface area is 122 Å². The molecule has 2 heteroatoms. The lowest BCUT2D eigenvalue weighted by Gasteiger charge is -2.25. The Balaban J connectivity index is 1.57. The Bertz CT molecular complexity index is 437. The van der Waals surface area contributed by atoms with Gasteiger partial charge in [-0.25, -0.2) is 0 Å². The molecule has 0 bridgehead atoms. The molecule has 2 atom stereocenters. The van der Waals surface area contributed by atoms with Crippen LogP contribution in [0, 0.1) is 5.92 Å². The standard InChI is InChI=1S/C18H27NO/c1-14(19-12-15-5-4-10-20-13-15)17-9-8-16-6-2-3-7-18(16)11-17/h8-9,11,14-15,19H,2-7,10,12-13H2,1H3. The van der Waals surface area contributed by atoms with Gasteiger partial charge in [0.1, 0.15) is 0 Å². The van der Waals surface area contributed by atoms with Gasteiger partial charge in [0.2, 0.25) is 0 Å². The minimum Gasteiger partial charge on any atom is -0.381 e. The Morgan fingerprint density at radius 2 is 2.05 bits per heavy atom. The highest BCUT2D eigenvalue weighted by Crippen LogP contribution is 2.25. The number of benzene rings is 1. The third-order valence-corrected chi connectivity index (χ3v) is 4.84. The van der Waals surface area contributed by atoms with E-state index >= 15 is 0 Å². The maximum Gasteiger partial charge on any atom is 0.0506 e. The summed E-state index contributed by atoms with van der Waals surface area (Å²) in [6.45, 7) is 5.26. The molecule has 110 valence electrons. The van der Waals surface area contributed by atoms with Gasteiger partial charge in [-0.15, -0.1) is 0 Å². The molecule has 1 saturated heterocycles. The summed E-state index contributed by atoms with van der Waals surface area (Å²) in [5.41, 5.74) is 4.61. The van der Waals surface area contributed by atoms with Gasteiger partial charge in [0.25, 0.3) is 0 Å². The van der Waals surface area contributed by atoms with Crippen LogP contribution < -0.4 is 5.32 Å². The van der Waals surface area contributed by atoms with E-state index in [4.69, 9.17) is 4.74 Å². The zero-order valence-corrected chi connectivity index (χ0v) is 12.7. The Morgan fingerprint density at radius 3 is 2.85 bits per heavy atom. The highest BCUT2D eigenvalue weighted by atomic mass is 16.5. The molecule has 1 heterocycles. The van der Waals surface area contributed by atoms with Gasteiger partial charge in [0.15, 0.2) is 0 Å². The minimum atomic E-state index is 0.448. The van der Waals surface area contributed by atoms with Crippen molar-refractivity contribution in [2.24, 2.45) is 5.92 Å². The first-order valence-electron chi connectivity index (χ1n) is 8.26. The number of hydrogen-bond donors (Lipinski definition) is 1. The second kappa shape index (κ2) is 6.73. The van der Waals surface area contributed by atoms with Gasteiger partial charge in [-0.2, -0.15) is 0 Å². The van der Waals surface area contributed by atoms with E-state index in [-0.39, 0.29) is 0 Å². The second-order valence-electron chi connectivity index (χ2n) is 6.45. The number of aryl methyl sites for hydroxylation is 2. The average molecular weight is 273 g/mol. The Kier molecular flexibility index (Phi) is 4.74. The summed E-state index contributed by atoms with van der Waals surface area (Å²) < 4.78 is 5.55. The zero-order valence-electron chi connectivity index (χ0n) is 12.7. The first kappa shape index (κ1) is 14.1. The minimum absolute atomic E-state index is 0.448. The maximum atomic E-state index is 5.55. The van der Waals surface area contributed by atoms with E-state index in [1.165, 1.54) is 44.1 Å². The molecule has 1 aromatic carbocycles. The van der Waals surface area contributed by atoms with Crippen molar-refractivity contribution < 1.29 is 4.74 Å². The van der Waals surface area contributed by atoms with Gasteiger partial charge in [-0.1, -0.05) is 18.2 Å². The van der Waals surface area contributed by atoms with Crippen LogP contribution in [0.3, 0.4) is 0 Å². The molecule has 1 aliphatic heterocycles. The normalized spacial score (nSPS) is 24.1. The summed E-state index contributed by atoms with van der Waals surface area (Å²) in [5.74, 6) is 0.698. The maximum absolute atomic E-state index is 5.55. The van der Waals surface area contributed by atoms with Gasteiger partial charge in [0.05, 0.1) is 6.61 Å². The van der Waals surface area contributed by atoms with Crippen LogP contribution in [-0.4, -0.2) is 19.8 Å². The molecule has 2 aliphatic rings. The van der Waals surface area contributed by atoms with E-state index in [1.54, 1.807) is 11.1 Å². The first-order valence-corrected chi connectivity index (χ1v) is 8.26. The third-order valence-electron chi connectivity index (χ3n) is 4.84. The quantitative estimate of drug-likeness (QED) is 0.904. The van der Waals surface area contributed by atoms with Crippen molar-refractivity contribution in [3.8, 4) is 0 Å². The lowest BCUT2D eigenvalue weighted by atomic mass is 9.89. The molecule has 2 nitrogen and oxygen atoms in total. The highest BCUT2D eigenvalue weighted by molar-refractivity contribution is 5.35. The number of fused-ring (bicyclic) bond motifs is 1. The van der Waals surface area contributed by atoms with E-state index in [9.17, 15) is 0 Å². The second-order valence-corrected chi connectivity index (χ2v) is 6.45. The third kappa shape index (κ3) is 3.42.